The van der Waals surface area contributed by atoms with Gasteiger partial charge in [0.2, 0.25) is 0 Å². The predicted molar refractivity (Wildman–Crippen MR) is 62.1 cm³/mol. The third-order valence-electron chi connectivity index (χ3n) is 2.91. The SMILES string of the molecule is CC(=O)c1c[nH]c(C(=O)NC[C@H]2CCOC2)c1. The first-order chi connectivity index (χ1) is 8.16. The van der Waals surface area contributed by atoms with E-state index in [0.717, 1.165) is 13.0 Å². The molecule has 1 aromatic heterocycles. The van der Waals surface area contributed by atoms with Gasteiger partial charge in [0, 0.05) is 30.8 Å². The molecule has 1 fully saturated rings. The molecule has 0 bridgehead atoms. The lowest BCUT2D eigenvalue weighted by molar-refractivity contribution is 0.0940. The lowest BCUT2D eigenvalue weighted by atomic mass is 10.1. The fourth-order valence-corrected chi connectivity index (χ4v) is 1.81. The van der Waals surface area contributed by atoms with Crippen LogP contribution >= 0.6 is 0 Å². The van der Waals surface area contributed by atoms with Crippen molar-refractivity contribution < 1.29 is 14.3 Å². The molecule has 1 amide bonds. The fraction of sp³-hybridized carbons (Fsp3) is 0.500. The monoisotopic (exact) mass is 236 g/mol. The first kappa shape index (κ1) is 11.9. The number of carbonyl (C=O) groups is 2. The Morgan fingerprint density at radius 1 is 1.59 bits per heavy atom. The maximum atomic E-state index is 11.7. The van der Waals surface area contributed by atoms with Gasteiger partial charge < -0.3 is 15.0 Å². The second kappa shape index (κ2) is 5.14. The number of ether oxygens (including phenoxy) is 1. The summed E-state index contributed by atoms with van der Waals surface area (Å²) in [5.74, 6) is 0.176. The van der Waals surface area contributed by atoms with Gasteiger partial charge in [-0.15, -0.1) is 0 Å². The van der Waals surface area contributed by atoms with Crippen molar-refractivity contribution in [3.8, 4) is 0 Å². The van der Waals surface area contributed by atoms with Crippen LogP contribution in [0.3, 0.4) is 0 Å². The Morgan fingerprint density at radius 3 is 3.00 bits per heavy atom. The lowest BCUT2D eigenvalue weighted by Gasteiger charge is -2.08. The van der Waals surface area contributed by atoms with Gasteiger partial charge in [-0.2, -0.15) is 0 Å². The van der Waals surface area contributed by atoms with Crippen LogP contribution in [-0.2, 0) is 4.74 Å². The van der Waals surface area contributed by atoms with Crippen molar-refractivity contribution in [1.29, 1.82) is 0 Å². The van der Waals surface area contributed by atoms with Crippen LogP contribution in [0.25, 0.3) is 0 Å². The van der Waals surface area contributed by atoms with Gasteiger partial charge in [0.05, 0.1) is 6.61 Å². The Labute approximate surface area is 99.5 Å². The zero-order chi connectivity index (χ0) is 12.3. The Kier molecular flexibility index (Phi) is 3.58. The number of rotatable bonds is 4. The second-order valence-electron chi connectivity index (χ2n) is 4.30. The molecular formula is C12H16N2O3. The van der Waals surface area contributed by atoms with Crippen molar-refractivity contribution >= 4 is 11.7 Å². The number of hydrogen-bond donors (Lipinski definition) is 2. The summed E-state index contributed by atoms with van der Waals surface area (Å²) in [6.45, 7) is 3.58. The van der Waals surface area contributed by atoms with Gasteiger partial charge >= 0.3 is 0 Å². The summed E-state index contributed by atoms with van der Waals surface area (Å²) in [4.78, 5) is 25.6. The Morgan fingerprint density at radius 2 is 2.41 bits per heavy atom. The summed E-state index contributed by atoms with van der Waals surface area (Å²) >= 11 is 0. The highest BCUT2D eigenvalue weighted by Crippen LogP contribution is 2.11. The molecule has 2 heterocycles. The van der Waals surface area contributed by atoms with E-state index < -0.39 is 0 Å². The van der Waals surface area contributed by atoms with E-state index in [-0.39, 0.29) is 11.7 Å². The minimum Gasteiger partial charge on any atom is -0.381 e. The van der Waals surface area contributed by atoms with Gasteiger partial charge in [-0.1, -0.05) is 0 Å². The molecule has 0 aliphatic carbocycles. The summed E-state index contributed by atoms with van der Waals surface area (Å²) in [6, 6.07) is 1.57. The molecule has 0 unspecified atom stereocenters. The van der Waals surface area contributed by atoms with E-state index in [1.165, 1.54) is 6.92 Å². The number of aromatic nitrogens is 1. The van der Waals surface area contributed by atoms with Crippen molar-refractivity contribution in [3.63, 3.8) is 0 Å². The molecule has 0 radical (unpaired) electrons. The maximum Gasteiger partial charge on any atom is 0.267 e. The van der Waals surface area contributed by atoms with E-state index in [2.05, 4.69) is 10.3 Å². The molecule has 1 aromatic rings. The highest BCUT2D eigenvalue weighted by Gasteiger charge is 2.17. The molecule has 1 saturated heterocycles. The molecule has 5 heteroatoms. The first-order valence-electron chi connectivity index (χ1n) is 5.72. The molecule has 0 saturated carbocycles. The van der Waals surface area contributed by atoms with Crippen LogP contribution in [0.2, 0.25) is 0 Å². The number of Topliss-reactive ketones (excluding diaryl/α,β-unsaturated/α-hetero) is 1. The third-order valence-corrected chi connectivity index (χ3v) is 2.91. The zero-order valence-corrected chi connectivity index (χ0v) is 9.79. The van der Waals surface area contributed by atoms with Gasteiger partial charge in [0.25, 0.3) is 5.91 Å². The van der Waals surface area contributed by atoms with Gasteiger partial charge in [-0.3, -0.25) is 9.59 Å². The minimum absolute atomic E-state index is 0.0514. The maximum absolute atomic E-state index is 11.7. The van der Waals surface area contributed by atoms with Crippen LogP contribution in [0.5, 0.6) is 0 Å². The van der Waals surface area contributed by atoms with Gasteiger partial charge in [-0.05, 0) is 19.4 Å². The molecule has 0 aromatic carbocycles. The number of hydrogen-bond acceptors (Lipinski definition) is 3. The summed E-state index contributed by atoms with van der Waals surface area (Å²) in [5, 5.41) is 2.83. The summed E-state index contributed by atoms with van der Waals surface area (Å²) in [6.07, 6.45) is 2.54. The van der Waals surface area contributed by atoms with E-state index in [0.29, 0.717) is 30.3 Å². The van der Waals surface area contributed by atoms with E-state index >= 15 is 0 Å². The van der Waals surface area contributed by atoms with Gasteiger partial charge in [-0.25, -0.2) is 0 Å². The number of nitrogens with one attached hydrogen (secondary N) is 2. The van der Waals surface area contributed by atoms with E-state index in [1.54, 1.807) is 12.3 Å². The zero-order valence-electron chi connectivity index (χ0n) is 9.79. The van der Waals surface area contributed by atoms with Gasteiger partial charge in [0.1, 0.15) is 5.69 Å². The van der Waals surface area contributed by atoms with Crippen molar-refractivity contribution in [2.45, 2.75) is 13.3 Å². The lowest BCUT2D eigenvalue weighted by Crippen LogP contribution is -2.29. The largest absolute Gasteiger partial charge is 0.381 e. The highest BCUT2D eigenvalue weighted by molar-refractivity contribution is 5.99. The van der Waals surface area contributed by atoms with Crippen LogP contribution < -0.4 is 5.32 Å². The van der Waals surface area contributed by atoms with Crippen molar-refractivity contribution in [2.75, 3.05) is 19.8 Å². The van der Waals surface area contributed by atoms with E-state index in [4.69, 9.17) is 4.74 Å². The standard InChI is InChI=1S/C12H16N2O3/c1-8(15)10-4-11(13-6-10)12(16)14-5-9-2-3-17-7-9/h4,6,9,13H,2-3,5,7H2,1H3,(H,14,16)/t9-/m1/s1. The van der Waals surface area contributed by atoms with E-state index in [9.17, 15) is 9.59 Å². The predicted octanol–water partition coefficient (Wildman–Crippen LogP) is 0.984. The number of H-pyrrole nitrogens is 1. The topological polar surface area (TPSA) is 71.2 Å². The third kappa shape index (κ3) is 2.94. The molecule has 1 atom stereocenters. The fourth-order valence-electron chi connectivity index (χ4n) is 1.81. The second-order valence-corrected chi connectivity index (χ2v) is 4.30. The molecule has 1 aliphatic heterocycles. The summed E-state index contributed by atoms with van der Waals surface area (Å²) < 4.78 is 5.23. The van der Waals surface area contributed by atoms with Crippen LogP contribution in [0, 0.1) is 5.92 Å². The number of amides is 1. The van der Waals surface area contributed by atoms with Crippen LogP contribution in [0.4, 0.5) is 0 Å². The van der Waals surface area contributed by atoms with E-state index in [1.807, 2.05) is 0 Å². The van der Waals surface area contributed by atoms with Crippen molar-refractivity contribution in [3.05, 3.63) is 23.5 Å². The van der Waals surface area contributed by atoms with Crippen LogP contribution in [0.1, 0.15) is 34.2 Å². The minimum atomic E-state index is -0.176. The molecule has 92 valence electrons. The van der Waals surface area contributed by atoms with Crippen LogP contribution in [0.15, 0.2) is 12.3 Å². The first-order valence-corrected chi connectivity index (χ1v) is 5.72. The number of ketones is 1. The average molecular weight is 236 g/mol. The van der Waals surface area contributed by atoms with Crippen molar-refractivity contribution in [1.82, 2.24) is 10.3 Å². The smallest absolute Gasteiger partial charge is 0.267 e. The Bertz CT molecular complexity index is 419. The number of aromatic amines is 1. The summed E-state index contributed by atoms with van der Waals surface area (Å²) in [7, 11) is 0. The Hall–Kier alpha value is -1.62. The summed E-state index contributed by atoms with van der Waals surface area (Å²) in [5.41, 5.74) is 0.952. The highest BCUT2D eigenvalue weighted by atomic mass is 16.5. The number of carbonyl (C=O) groups excluding carboxylic acids is 2. The normalized spacial score (nSPS) is 19.2. The van der Waals surface area contributed by atoms with Crippen LogP contribution in [-0.4, -0.2) is 36.4 Å². The molecule has 2 N–H and O–H groups in total. The molecule has 0 spiro atoms. The average Bonchev–Trinajstić information content (AvgIpc) is 2.96. The molecule has 1 aliphatic rings. The molecule has 17 heavy (non-hydrogen) atoms. The molecule has 5 nitrogen and oxygen atoms in total. The molecule has 2 rings (SSSR count). The molecular weight excluding hydrogens is 220 g/mol. The van der Waals surface area contributed by atoms with Gasteiger partial charge in [0.15, 0.2) is 5.78 Å². The van der Waals surface area contributed by atoms with Crippen molar-refractivity contribution in [2.24, 2.45) is 5.92 Å². The Balaban J connectivity index is 1.87. The quantitative estimate of drug-likeness (QED) is 0.766.